The molecule has 26 heavy (non-hydrogen) atoms. The molecule has 1 amide bonds. The van der Waals surface area contributed by atoms with Crippen molar-refractivity contribution < 1.29 is 4.79 Å². The van der Waals surface area contributed by atoms with Crippen LogP contribution in [0.3, 0.4) is 0 Å². The van der Waals surface area contributed by atoms with Crippen LogP contribution in [-0.2, 0) is 5.75 Å². The van der Waals surface area contributed by atoms with Crippen LogP contribution in [0.5, 0.6) is 0 Å². The third kappa shape index (κ3) is 4.99. The number of nitrogens with one attached hydrogen (secondary N) is 1. The molecule has 0 saturated carbocycles. The van der Waals surface area contributed by atoms with E-state index in [1.807, 2.05) is 50.2 Å². The highest BCUT2D eigenvalue weighted by Gasteiger charge is 2.07. The Morgan fingerprint density at radius 2 is 1.42 bits per heavy atom. The largest absolute Gasteiger partial charge is 0.322 e. The third-order valence-electron chi connectivity index (χ3n) is 4.12. The first-order chi connectivity index (χ1) is 12.5. The average Bonchev–Trinajstić information content (AvgIpc) is 2.61. The van der Waals surface area contributed by atoms with E-state index in [1.165, 1.54) is 16.0 Å². The highest BCUT2D eigenvalue weighted by Crippen LogP contribution is 2.23. The lowest BCUT2D eigenvalue weighted by Crippen LogP contribution is -2.12. The number of benzene rings is 3. The Morgan fingerprint density at radius 3 is 2.04 bits per heavy atom. The molecule has 0 atom stereocenters. The van der Waals surface area contributed by atoms with Gasteiger partial charge in [-0.25, -0.2) is 0 Å². The SMILES string of the molecule is Cc1ccc(SCc2ccc(C(=O)Nc3cc(C)cc(C)c3)cc2)cc1. The van der Waals surface area contributed by atoms with E-state index in [-0.39, 0.29) is 5.91 Å². The van der Waals surface area contributed by atoms with Crippen molar-refractivity contribution >= 4 is 23.4 Å². The van der Waals surface area contributed by atoms with E-state index < -0.39 is 0 Å². The predicted molar refractivity (Wildman–Crippen MR) is 111 cm³/mol. The van der Waals surface area contributed by atoms with Crippen molar-refractivity contribution in [3.05, 3.63) is 94.5 Å². The van der Waals surface area contributed by atoms with Crippen LogP contribution in [0.15, 0.2) is 71.6 Å². The van der Waals surface area contributed by atoms with E-state index in [1.54, 1.807) is 11.8 Å². The minimum atomic E-state index is -0.0762. The van der Waals surface area contributed by atoms with Crippen LogP contribution >= 0.6 is 11.8 Å². The molecule has 0 radical (unpaired) electrons. The molecule has 132 valence electrons. The highest BCUT2D eigenvalue weighted by molar-refractivity contribution is 7.98. The van der Waals surface area contributed by atoms with E-state index in [4.69, 9.17) is 0 Å². The summed E-state index contributed by atoms with van der Waals surface area (Å²) in [4.78, 5) is 13.7. The minimum absolute atomic E-state index is 0.0762. The fourth-order valence-electron chi connectivity index (χ4n) is 2.80. The van der Waals surface area contributed by atoms with Crippen molar-refractivity contribution in [3.8, 4) is 0 Å². The summed E-state index contributed by atoms with van der Waals surface area (Å²) in [5.74, 6) is 0.815. The van der Waals surface area contributed by atoms with Gasteiger partial charge in [0.15, 0.2) is 0 Å². The monoisotopic (exact) mass is 361 g/mol. The maximum Gasteiger partial charge on any atom is 0.255 e. The van der Waals surface area contributed by atoms with Gasteiger partial charge in [-0.15, -0.1) is 11.8 Å². The number of anilines is 1. The summed E-state index contributed by atoms with van der Waals surface area (Å²) in [6.45, 7) is 6.16. The van der Waals surface area contributed by atoms with Crippen LogP contribution in [0.25, 0.3) is 0 Å². The molecule has 0 fully saturated rings. The Hall–Kier alpha value is -2.52. The molecule has 0 heterocycles. The lowest BCUT2D eigenvalue weighted by atomic mass is 10.1. The van der Waals surface area contributed by atoms with Crippen LogP contribution in [0.1, 0.15) is 32.6 Å². The Kier molecular flexibility index (Phi) is 5.79. The van der Waals surface area contributed by atoms with Crippen molar-refractivity contribution in [3.63, 3.8) is 0 Å². The zero-order chi connectivity index (χ0) is 18.5. The molecule has 0 unspecified atom stereocenters. The molecule has 0 aromatic heterocycles. The lowest BCUT2D eigenvalue weighted by molar-refractivity contribution is 0.102. The van der Waals surface area contributed by atoms with Crippen molar-refractivity contribution in [2.75, 3.05) is 5.32 Å². The predicted octanol–water partition coefficient (Wildman–Crippen LogP) is 6.16. The van der Waals surface area contributed by atoms with Gasteiger partial charge in [0.25, 0.3) is 5.91 Å². The Bertz CT molecular complexity index is 878. The van der Waals surface area contributed by atoms with Crippen LogP contribution < -0.4 is 5.32 Å². The van der Waals surface area contributed by atoms with Gasteiger partial charge in [0.1, 0.15) is 0 Å². The molecule has 2 nitrogen and oxygen atoms in total. The topological polar surface area (TPSA) is 29.1 Å². The summed E-state index contributed by atoms with van der Waals surface area (Å²) in [5.41, 5.74) is 6.28. The van der Waals surface area contributed by atoms with E-state index in [0.29, 0.717) is 5.56 Å². The normalized spacial score (nSPS) is 10.6. The molecular weight excluding hydrogens is 338 g/mol. The van der Waals surface area contributed by atoms with Crippen molar-refractivity contribution in [1.29, 1.82) is 0 Å². The van der Waals surface area contributed by atoms with Gasteiger partial charge in [-0.1, -0.05) is 35.9 Å². The van der Waals surface area contributed by atoms with E-state index in [2.05, 4.69) is 42.6 Å². The summed E-state index contributed by atoms with van der Waals surface area (Å²) in [6.07, 6.45) is 0. The van der Waals surface area contributed by atoms with Gasteiger partial charge in [0, 0.05) is 21.9 Å². The van der Waals surface area contributed by atoms with Gasteiger partial charge < -0.3 is 5.32 Å². The zero-order valence-corrected chi connectivity index (χ0v) is 16.2. The highest BCUT2D eigenvalue weighted by atomic mass is 32.2. The van der Waals surface area contributed by atoms with E-state index in [9.17, 15) is 4.79 Å². The number of aryl methyl sites for hydroxylation is 3. The quantitative estimate of drug-likeness (QED) is 0.552. The first-order valence-corrected chi connectivity index (χ1v) is 9.66. The van der Waals surface area contributed by atoms with E-state index >= 15 is 0 Å². The van der Waals surface area contributed by atoms with E-state index in [0.717, 1.165) is 22.6 Å². The van der Waals surface area contributed by atoms with Crippen molar-refractivity contribution in [2.24, 2.45) is 0 Å². The molecule has 3 aromatic carbocycles. The fraction of sp³-hybridized carbons (Fsp3) is 0.174. The maximum absolute atomic E-state index is 12.4. The van der Waals surface area contributed by atoms with Crippen molar-refractivity contribution in [1.82, 2.24) is 0 Å². The number of thioether (sulfide) groups is 1. The second kappa shape index (κ2) is 8.24. The van der Waals surface area contributed by atoms with Gasteiger partial charge >= 0.3 is 0 Å². The van der Waals surface area contributed by atoms with Gasteiger partial charge in [-0.2, -0.15) is 0 Å². The smallest absolute Gasteiger partial charge is 0.255 e. The van der Waals surface area contributed by atoms with Crippen LogP contribution in [0.4, 0.5) is 5.69 Å². The molecule has 3 aromatic rings. The van der Waals surface area contributed by atoms with Gasteiger partial charge in [-0.05, 0) is 73.9 Å². The Balaban J connectivity index is 1.61. The first-order valence-electron chi connectivity index (χ1n) is 8.68. The summed E-state index contributed by atoms with van der Waals surface area (Å²) < 4.78 is 0. The minimum Gasteiger partial charge on any atom is -0.322 e. The number of hydrogen-bond donors (Lipinski definition) is 1. The zero-order valence-electron chi connectivity index (χ0n) is 15.4. The summed E-state index contributed by atoms with van der Waals surface area (Å²) in [7, 11) is 0. The maximum atomic E-state index is 12.4. The van der Waals surface area contributed by atoms with Crippen LogP contribution in [0.2, 0.25) is 0 Å². The average molecular weight is 362 g/mol. The lowest BCUT2D eigenvalue weighted by Gasteiger charge is -2.08. The molecule has 0 saturated heterocycles. The molecule has 3 rings (SSSR count). The van der Waals surface area contributed by atoms with Gasteiger partial charge in [-0.3, -0.25) is 4.79 Å². The molecule has 0 spiro atoms. The molecule has 0 bridgehead atoms. The van der Waals surface area contributed by atoms with Gasteiger partial charge in [0.05, 0.1) is 0 Å². The summed E-state index contributed by atoms with van der Waals surface area (Å²) >= 11 is 1.80. The molecule has 0 aliphatic heterocycles. The number of carbonyl (C=O) groups is 1. The number of hydrogen-bond acceptors (Lipinski definition) is 2. The van der Waals surface area contributed by atoms with Crippen LogP contribution in [0, 0.1) is 20.8 Å². The summed E-state index contributed by atoms with van der Waals surface area (Å²) in [6, 6.07) is 22.4. The number of carbonyl (C=O) groups excluding carboxylic acids is 1. The molecular formula is C23H23NOS. The van der Waals surface area contributed by atoms with Crippen molar-refractivity contribution in [2.45, 2.75) is 31.4 Å². The van der Waals surface area contributed by atoms with Crippen LogP contribution in [-0.4, -0.2) is 5.91 Å². The standard InChI is InChI=1S/C23H23NOS/c1-16-4-10-22(11-5-16)26-15-19-6-8-20(9-7-19)23(25)24-21-13-17(2)12-18(3)14-21/h4-14H,15H2,1-3H3,(H,24,25). The second-order valence-electron chi connectivity index (χ2n) is 6.63. The number of rotatable bonds is 5. The molecule has 1 N–H and O–H groups in total. The Labute approximate surface area is 159 Å². The first kappa shape index (κ1) is 18.3. The fourth-order valence-corrected chi connectivity index (χ4v) is 3.66. The Morgan fingerprint density at radius 1 is 0.808 bits per heavy atom. The second-order valence-corrected chi connectivity index (χ2v) is 7.68. The number of amides is 1. The summed E-state index contributed by atoms with van der Waals surface area (Å²) in [5, 5.41) is 2.98. The molecule has 0 aliphatic rings. The third-order valence-corrected chi connectivity index (χ3v) is 5.21. The van der Waals surface area contributed by atoms with Gasteiger partial charge in [0.2, 0.25) is 0 Å². The molecule has 3 heteroatoms. The molecule has 0 aliphatic carbocycles.